The molecule has 3 atom stereocenters. The molecule has 28 heavy (non-hydrogen) atoms. The van der Waals surface area contributed by atoms with Crippen molar-refractivity contribution in [3.8, 4) is 0 Å². The van der Waals surface area contributed by atoms with E-state index in [1.54, 1.807) is 6.20 Å². The zero-order valence-electron chi connectivity index (χ0n) is 16.3. The Hall–Kier alpha value is -2.18. The summed E-state index contributed by atoms with van der Waals surface area (Å²) in [6.07, 6.45) is 12.2. The van der Waals surface area contributed by atoms with Crippen LogP contribution in [0.15, 0.2) is 42.9 Å². The Kier molecular flexibility index (Phi) is 4.91. The van der Waals surface area contributed by atoms with E-state index in [0.717, 1.165) is 25.2 Å². The lowest BCUT2D eigenvalue weighted by Crippen LogP contribution is -2.49. The van der Waals surface area contributed by atoms with E-state index < -0.39 is 0 Å². The number of fused-ring (bicyclic) bond motifs is 1. The molecule has 148 valence electrons. The van der Waals surface area contributed by atoms with Crippen molar-refractivity contribution in [1.29, 1.82) is 0 Å². The molecule has 6 nitrogen and oxygen atoms in total. The van der Waals surface area contributed by atoms with Crippen LogP contribution in [-0.2, 0) is 11.3 Å². The second-order valence-electron chi connectivity index (χ2n) is 8.40. The predicted molar refractivity (Wildman–Crippen MR) is 107 cm³/mol. The van der Waals surface area contributed by atoms with Crippen LogP contribution in [0.5, 0.6) is 0 Å². The first-order valence-electron chi connectivity index (χ1n) is 10.7. The van der Waals surface area contributed by atoms with Crippen LogP contribution >= 0.6 is 0 Å². The minimum Gasteiger partial charge on any atom is -0.348 e. The number of rotatable bonds is 3. The lowest BCUT2D eigenvalue weighted by atomic mass is 9.79. The molecule has 2 fully saturated rings. The van der Waals surface area contributed by atoms with Gasteiger partial charge in [0.1, 0.15) is 0 Å². The van der Waals surface area contributed by atoms with Crippen molar-refractivity contribution in [3.63, 3.8) is 0 Å². The van der Waals surface area contributed by atoms with E-state index in [2.05, 4.69) is 49.7 Å². The van der Waals surface area contributed by atoms with Crippen LogP contribution in [0, 0.1) is 11.8 Å². The molecule has 1 saturated heterocycles. The number of aromatic nitrogens is 2. The number of hydrogen-bond acceptors (Lipinski definition) is 4. The van der Waals surface area contributed by atoms with Gasteiger partial charge in [0.05, 0.1) is 12.0 Å². The number of carbonyl (C=O) groups is 1. The summed E-state index contributed by atoms with van der Waals surface area (Å²) in [5, 5.41) is 0. The molecule has 2 aliphatic heterocycles. The maximum atomic E-state index is 13.8. The SMILES string of the molecule is O=C(C1CNNC1C1CCCCC1)N1CCn2cccc2C1c1cccnc1. The van der Waals surface area contributed by atoms with E-state index in [1.165, 1.54) is 37.8 Å². The smallest absolute Gasteiger partial charge is 0.229 e. The molecule has 1 amide bonds. The van der Waals surface area contributed by atoms with Gasteiger partial charge in [0.15, 0.2) is 0 Å². The Bertz CT molecular complexity index is 813. The van der Waals surface area contributed by atoms with E-state index in [-0.39, 0.29) is 23.9 Å². The third-order valence-corrected chi connectivity index (χ3v) is 6.82. The number of hydrazine groups is 1. The Morgan fingerprint density at radius 1 is 1.11 bits per heavy atom. The van der Waals surface area contributed by atoms with Crippen LogP contribution in [-0.4, -0.2) is 39.5 Å². The second kappa shape index (κ2) is 7.68. The van der Waals surface area contributed by atoms with Crippen molar-refractivity contribution in [3.05, 3.63) is 54.1 Å². The van der Waals surface area contributed by atoms with Gasteiger partial charge >= 0.3 is 0 Å². The third kappa shape index (κ3) is 3.14. The average molecular weight is 380 g/mol. The fourth-order valence-electron chi connectivity index (χ4n) is 5.42. The van der Waals surface area contributed by atoms with Crippen molar-refractivity contribution in [1.82, 2.24) is 25.3 Å². The highest BCUT2D eigenvalue weighted by atomic mass is 16.2. The molecule has 3 aliphatic rings. The normalized spacial score (nSPS) is 28.3. The molecular weight excluding hydrogens is 350 g/mol. The Morgan fingerprint density at radius 3 is 2.82 bits per heavy atom. The maximum Gasteiger partial charge on any atom is 0.229 e. The number of nitrogens with one attached hydrogen (secondary N) is 2. The molecule has 4 heterocycles. The highest BCUT2D eigenvalue weighted by Crippen LogP contribution is 2.36. The summed E-state index contributed by atoms with van der Waals surface area (Å²) in [5.74, 6) is 0.876. The van der Waals surface area contributed by atoms with Gasteiger partial charge in [-0.25, -0.2) is 0 Å². The number of hydrogen-bond donors (Lipinski definition) is 2. The molecule has 1 saturated carbocycles. The van der Waals surface area contributed by atoms with Gasteiger partial charge in [-0.05, 0) is 42.5 Å². The molecule has 1 aliphatic carbocycles. The minimum absolute atomic E-state index is 0.00350. The number of carbonyl (C=O) groups excluding carboxylic acids is 1. The van der Waals surface area contributed by atoms with Crippen molar-refractivity contribution in [2.24, 2.45) is 11.8 Å². The molecule has 2 aromatic heterocycles. The number of pyridine rings is 1. The molecule has 6 heteroatoms. The van der Waals surface area contributed by atoms with E-state index in [0.29, 0.717) is 5.92 Å². The van der Waals surface area contributed by atoms with E-state index >= 15 is 0 Å². The Balaban J connectivity index is 1.44. The van der Waals surface area contributed by atoms with Gasteiger partial charge in [-0.3, -0.25) is 20.6 Å². The monoisotopic (exact) mass is 379 g/mol. The lowest BCUT2D eigenvalue weighted by Gasteiger charge is -2.40. The molecule has 3 unspecified atom stereocenters. The summed E-state index contributed by atoms with van der Waals surface area (Å²) in [6, 6.07) is 8.46. The maximum absolute atomic E-state index is 13.8. The van der Waals surface area contributed by atoms with E-state index in [9.17, 15) is 4.79 Å². The van der Waals surface area contributed by atoms with Crippen LogP contribution in [0.2, 0.25) is 0 Å². The van der Waals surface area contributed by atoms with Crippen molar-refractivity contribution in [2.45, 2.75) is 50.7 Å². The van der Waals surface area contributed by atoms with Crippen molar-refractivity contribution in [2.75, 3.05) is 13.1 Å². The average Bonchev–Trinajstić information content (AvgIpc) is 3.43. The van der Waals surface area contributed by atoms with Gasteiger partial charge < -0.3 is 9.47 Å². The summed E-state index contributed by atoms with van der Waals surface area (Å²) < 4.78 is 2.27. The first-order chi connectivity index (χ1) is 13.8. The molecule has 0 spiro atoms. The number of amides is 1. The van der Waals surface area contributed by atoms with E-state index in [1.807, 2.05) is 12.3 Å². The zero-order chi connectivity index (χ0) is 18.9. The zero-order valence-corrected chi connectivity index (χ0v) is 16.3. The largest absolute Gasteiger partial charge is 0.348 e. The first kappa shape index (κ1) is 17.9. The van der Waals surface area contributed by atoms with Gasteiger partial charge in [0.25, 0.3) is 0 Å². The summed E-state index contributed by atoms with van der Waals surface area (Å²) in [7, 11) is 0. The summed E-state index contributed by atoms with van der Waals surface area (Å²) in [4.78, 5) is 20.2. The van der Waals surface area contributed by atoms with Gasteiger partial charge in [0, 0.05) is 50.0 Å². The van der Waals surface area contributed by atoms with Crippen LogP contribution < -0.4 is 10.9 Å². The Labute approximate surface area is 166 Å². The molecule has 0 aromatic carbocycles. The van der Waals surface area contributed by atoms with Gasteiger partial charge in [-0.2, -0.15) is 0 Å². The topological polar surface area (TPSA) is 62.2 Å². The fourth-order valence-corrected chi connectivity index (χ4v) is 5.42. The van der Waals surface area contributed by atoms with Crippen molar-refractivity contribution >= 4 is 5.91 Å². The van der Waals surface area contributed by atoms with Crippen LogP contribution in [0.25, 0.3) is 0 Å². The van der Waals surface area contributed by atoms with Crippen molar-refractivity contribution < 1.29 is 4.79 Å². The summed E-state index contributed by atoms with van der Waals surface area (Å²) in [5.41, 5.74) is 9.01. The highest BCUT2D eigenvalue weighted by molar-refractivity contribution is 5.81. The fraction of sp³-hybridized carbons (Fsp3) is 0.545. The van der Waals surface area contributed by atoms with E-state index in [4.69, 9.17) is 0 Å². The lowest BCUT2D eigenvalue weighted by molar-refractivity contribution is -0.138. The highest BCUT2D eigenvalue weighted by Gasteiger charge is 2.43. The Morgan fingerprint density at radius 2 is 2.00 bits per heavy atom. The van der Waals surface area contributed by atoms with Gasteiger partial charge in [-0.1, -0.05) is 25.3 Å². The summed E-state index contributed by atoms with van der Waals surface area (Å²) in [6.45, 7) is 2.32. The number of nitrogens with zero attached hydrogens (tertiary/aromatic N) is 3. The third-order valence-electron chi connectivity index (χ3n) is 6.82. The van der Waals surface area contributed by atoms with Gasteiger partial charge in [-0.15, -0.1) is 0 Å². The standard InChI is InChI=1S/C22H29N5O/c28-22(18-15-24-25-20(18)16-6-2-1-3-7-16)27-13-12-26-11-5-9-19(26)21(27)17-8-4-10-23-14-17/h4-5,8-11,14,16,18,20-21,24-25H,1-3,6-7,12-13,15H2. The molecule has 0 bridgehead atoms. The molecule has 0 radical (unpaired) electrons. The predicted octanol–water partition coefficient (Wildman–Crippen LogP) is 2.49. The minimum atomic E-state index is -0.0578. The van der Waals surface area contributed by atoms with Crippen LogP contribution in [0.3, 0.4) is 0 Å². The first-order valence-corrected chi connectivity index (χ1v) is 10.7. The van der Waals surface area contributed by atoms with Gasteiger partial charge in [0.2, 0.25) is 5.91 Å². The quantitative estimate of drug-likeness (QED) is 0.860. The molecule has 2 N–H and O–H groups in total. The molecular formula is C22H29N5O. The van der Waals surface area contributed by atoms with Crippen LogP contribution in [0.4, 0.5) is 0 Å². The van der Waals surface area contributed by atoms with Crippen LogP contribution in [0.1, 0.15) is 49.4 Å². The summed E-state index contributed by atoms with van der Waals surface area (Å²) >= 11 is 0. The molecule has 5 rings (SSSR count). The second-order valence-corrected chi connectivity index (χ2v) is 8.40. The molecule has 2 aromatic rings.